The number of hydrogen-bond acceptors (Lipinski definition) is 4. The standard InChI is InChI=1S/C34H37N3O2/c1-24(2)21-33(34(38)36-31-11-7-26(8-12-31)29-15-16-35-25(3)22-29)30-6-4-5-28(23-30)27-9-13-32(14-10-27)37-17-19-39-20-18-37/h4-16,22-24,33H,17-21H2,1-3H3,(H,36,38)/t33-/m1/s1. The number of anilines is 2. The van der Waals surface area contributed by atoms with Crippen LogP contribution in [0, 0.1) is 12.8 Å². The number of amides is 1. The van der Waals surface area contributed by atoms with Gasteiger partial charge in [0, 0.05) is 36.4 Å². The second kappa shape index (κ2) is 12.3. The molecule has 0 bridgehead atoms. The first-order valence-electron chi connectivity index (χ1n) is 13.8. The molecule has 1 saturated heterocycles. The van der Waals surface area contributed by atoms with E-state index in [0.717, 1.165) is 71.9 Å². The van der Waals surface area contributed by atoms with E-state index in [1.165, 1.54) is 5.69 Å². The number of aromatic nitrogens is 1. The van der Waals surface area contributed by atoms with E-state index in [1.54, 1.807) is 0 Å². The van der Waals surface area contributed by atoms with E-state index >= 15 is 0 Å². The maximum atomic E-state index is 13.6. The second-order valence-electron chi connectivity index (χ2n) is 10.7. The van der Waals surface area contributed by atoms with Gasteiger partial charge in [0.25, 0.3) is 0 Å². The highest BCUT2D eigenvalue weighted by Crippen LogP contribution is 2.31. The number of nitrogens with one attached hydrogen (secondary N) is 1. The van der Waals surface area contributed by atoms with Gasteiger partial charge < -0.3 is 15.0 Å². The van der Waals surface area contributed by atoms with Crippen LogP contribution in [0.25, 0.3) is 22.3 Å². The molecule has 0 radical (unpaired) electrons. The Morgan fingerprint density at radius 2 is 1.54 bits per heavy atom. The van der Waals surface area contributed by atoms with Crippen LogP contribution >= 0.6 is 0 Å². The summed E-state index contributed by atoms with van der Waals surface area (Å²) in [7, 11) is 0. The molecule has 0 spiro atoms. The molecule has 200 valence electrons. The zero-order valence-electron chi connectivity index (χ0n) is 23.1. The number of carbonyl (C=O) groups is 1. The van der Waals surface area contributed by atoms with Crippen molar-refractivity contribution in [3.05, 3.63) is 102 Å². The quantitative estimate of drug-likeness (QED) is 0.265. The molecule has 0 aliphatic carbocycles. The summed E-state index contributed by atoms with van der Waals surface area (Å²) in [5.41, 5.74) is 8.55. The van der Waals surface area contributed by atoms with Crippen molar-refractivity contribution in [1.29, 1.82) is 0 Å². The van der Waals surface area contributed by atoms with Gasteiger partial charge in [-0.15, -0.1) is 0 Å². The maximum absolute atomic E-state index is 13.6. The highest BCUT2D eigenvalue weighted by Gasteiger charge is 2.23. The average molecular weight is 520 g/mol. The van der Waals surface area contributed by atoms with Crippen molar-refractivity contribution in [1.82, 2.24) is 4.98 Å². The molecule has 5 nitrogen and oxygen atoms in total. The van der Waals surface area contributed by atoms with Gasteiger partial charge in [0.1, 0.15) is 0 Å². The minimum absolute atomic E-state index is 0.0241. The van der Waals surface area contributed by atoms with E-state index in [0.29, 0.717) is 5.92 Å². The van der Waals surface area contributed by atoms with Gasteiger partial charge in [-0.1, -0.05) is 62.4 Å². The first-order valence-corrected chi connectivity index (χ1v) is 13.8. The Morgan fingerprint density at radius 1 is 0.872 bits per heavy atom. The molecular formula is C34H37N3O2. The van der Waals surface area contributed by atoms with Gasteiger partial charge in [-0.05, 0) is 83.5 Å². The summed E-state index contributed by atoms with van der Waals surface area (Å²) >= 11 is 0. The Bertz CT molecular complexity index is 1390. The van der Waals surface area contributed by atoms with E-state index in [9.17, 15) is 4.79 Å². The van der Waals surface area contributed by atoms with Gasteiger partial charge >= 0.3 is 0 Å². The highest BCUT2D eigenvalue weighted by atomic mass is 16.5. The molecule has 1 atom stereocenters. The Morgan fingerprint density at radius 3 is 2.21 bits per heavy atom. The Kier molecular flexibility index (Phi) is 8.38. The summed E-state index contributed by atoms with van der Waals surface area (Å²) in [6.45, 7) is 9.72. The number of rotatable bonds is 8. The number of morpholine rings is 1. The fraction of sp³-hybridized carbons (Fsp3) is 0.294. The largest absolute Gasteiger partial charge is 0.378 e. The zero-order valence-corrected chi connectivity index (χ0v) is 23.1. The lowest BCUT2D eigenvalue weighted by atomic mass is 9.88. The van der Waals surface area contributed by atoms with Crippen molar-refractivity contribution >= 4 is 17.3 Å². The number of nitrogens with zero attached hydrogens (tertiary/aromatic N) is 2. The van der Waals surface area contributed by atoms with Crippen LogP contribution in [0.1, 0.15) is 37.4 Å². The normalized spacial score (nSPS) is 14.3. The molecule has 0 unspecified atom stereocenters. The van der Waals surface area contributed by atoms with E-state index < -0.39 is 0 Å². The first kappa shape index (κ1) is 26.6. The molecule has 1 aliphatic heterocycles. The fourth-order valence-electron chi connectivity index (χ4n) is 5.19. The lowest BCUT2D eigenvalue weighted by Crippen LogP contribution is -2.36. The Hall–Kier alpha value is -3.96. The first-order chi connectivity index (χ1) is 19.0. The monoisotopic (exact) mass is 519 g/mol. The summed E-state index contributed by atoms with van der Waals surface area (Å²) < 4.78 is 5.48. The summed E-state index contributed by atoms with van der Waals surface area (Å²) in [6, 6.07) is 29.3. The number of aryl methyl sites for hydroxylation is 1. The molecule has 1 aliphatic rings. The topological polar surface area (TPSA) is 54.5 Å². The molecule has 1 amide bonds. The van der Waals surface area contributed by atoms with Crippen LogP contribution in [-0.2, 0) is 9.53 Å². The van der Waals surface area contributed by atoms with Crippen LogP contribution in [0.5, 0.6) is 0 Å². The third-order valence-electron chi connectivity index (χ3n) is 7.27. The van der Waals surface area contributed by atoms with Crippen molar-refractivity contribution in [2.45, 2.75) is 33.1 Å². The van der Waals surface area contributed by atoms with Crippen molar-refractivity contribution in [2.75, 3.05) is 36.5 Å². The minimum atomic E-state index is -0.236. The van der Waals surface area contributed by atoms with Crippen molar-refractivity contribution in [3.8, 4) is 22.3 Å². The third-order valence-corrected chi connectivity index (χ3v) is 7.27. The van der Waals surface area contributed by atoms with Gasteiger partial charge in [0.2, 0.25) is 5.91 Å². The molecule has 5 heteroatoms. The lowest BCUT2D eigenvalue weighted by molar-refractivity contribution is -0.117. The van der Waals surface area contributed by atoms with Gasteiger partial charge in [-0.25, -0.2) is 0 Å². The van der Waals surface area contributed by atoms with Crippen molar-refractivity contribution in [3.63, 3.8) is 0 Å². The fourth-order valence-corrected chi connectivity index (χ4v) is 5.19. The van der Waals surface area contributed by atoms with Crippen molar-refractivity contribution < 1.29 is 9.53 Å². The maximum Gasteiger partial charge on any atom is 0.231 e. The molecule has 39 heavy (non-hydrogen) atoms. The highest BCUT2D eigenvalue weighted by molar-refractivity contribution is 5.96. The molecule has 3 aromatic carbocycles. The van der Waals surface area contributed by atoms with Gasteiger partial charge in [0.15, 0.2) is 0 Å². The molecule has 4 aromatic rings. The van der Waals surface area contributed by atoms with Gasteiger partial charge in [-0.3, -0.25) is 9.78 Å². The van der Waals surface area contributed by atoms with E-state index in [-0.39, 0.29) is 11.8 Å². The summed E-state index contributed by atoms with van der Waals surface area (Å²) in [5, 5.41) is 3.17. The molecule has 5 rings (SSSR count). The average Bonchev–Trinajstić information content (AvgIpc) is 2.97. The van der Waals surface area contributed by atoms with Crippen molar-refractivity contribution in [2.24, 2.45) is 5.92 Å². The van der Waals surface area contributed by atoms with Crippen LogP contribution in [0.3, 0.4) is 0 Å². The molecule has 1 aromatic heterocycles. The predicted octanol–water partition coefficient (Wildman–Crippen LogP) is 7.33. The molecule has 2 heterocycles. The van der Waals surface area contributed by atoms with Crippen LogP contribution in [0.2, 0.25) is 0 Å². The van der Waals surface area contributed by atoms with Crippen LogP contribution in [0.15, 0.2) is 91.1 Å². The van der Waals surface area contributed by atoms with E-state index in [1.807, 2.05) is 43.5 Å². The van der Waals surface area contributed by atoms with E-state index in [4.69, 9.17) is 4.74 Å². The number of ether oxygens (including phenoxy) is 1. The van der Waals surface area contributed by atoms with Gasteiger partial charge in [-0.2, -0.15) is 0 Å². The number of pyridine rings is 1. The minimum Gasteiger partial charge on any atom is -0.378 e. The third kappa shape index (κ3) is 6.73. The van der Waals surface area contributed by atoms with Crippen LogP contribution in [-0.4, -0.2) is 37.2 Å². The summed E-state index contributed by atoms with van der Waals surface area (Å²) in [6.07, 6.45) is 2.60. The Balaban J connectivity index is 1.33. The zero-order chi connectivity index (χ0) is 27.2. The predicted molar refractivity (Wildman–Crippen MR) is 160 cm³/mol. The number of benzene rings is 3. The Labute approximate surface area is 231 Å². The molecule has 0 saturated carbocycles. The summed E-state index contributed by atoms with van der Waals surface area (Å²) in [4.78, 5) is 20.2. The number of carbonyl (C=O) groups excluding carboxylic acids is 1. The van der Waals surface area contributed by atoms with Crippen LogP contribution in [0.4, 0.5) is 11.4 Å². The molecular weight excluding hydrogens is 482 g/mol. The second-order valence-corrected chi connectivity index (χ2v) is 10.7. The van der Waals surface area contributed by atoms with E-state index in [2.05, 4.69) is 83.6 Å². The SMILES string of the molecule is Cc1cc(-c2ccc(NC(=O)[C@H](CC(C)C)c3cccc(-c4ccc(N5CCOCC5)cc4)c3)cc2)ccn1. The smallest absolute Gasteiger partial charge is 0.231 e. The van der Waals surface area contributed by atoms with Crippen LogP contribution < -0.4 is 10.2 Å². The number of hydrogen-bond donors (Lipinski definition) is 1. The van der Waals surface area contributed by atoms with Gasteiger partial charge in [0.05, 0.1) is 19.1 Å². The molecule has 1 fully saturated rings. The molecule has 1 N–H and O–H groups in total. The lowest BCUT2D eigenvalue weighted by Gasteiger charge is -2.29. The summed E-state index contributed by atoms with van der Waals surface area (Å²) in [5.74, 6) is 0.172.